The highest BCUT2D eigenvalue weighted by atomic mass is 35.5. The van der Waals surface area contributed by atoms with Crippen molar-refractivity contribution in [2.75, 3.05) is 49.7 Å². The Hall–Kier alpha value is -2.58. The van der Waals surface area contributed by atoms with Gasteiger partial charge in [0.2, 0.25) is 0 Å². The smallest absolute Gasteiger partial charge is 0.408 e. The van der Waals surface area contributed by atoms with Gasteiger partial charge >= 0.3 is 12.1 Å². The number of sulfone groups is 1. The molecule has 4 aliphatic heterocycles. The minimum atomic E-state index is -3.55. The Balaban J connectivity index is 1.39. The first kappa shape index (κ1) is 26.6. The molecule has 6 heterocycles. The summed E-state index contributed by atoms with van der Waals surface area (Å²) in [5, 5.41) is 9.82. The van der Waals surface area contributed by atoms with Gasteiger partial charge in [0.15, 0.2) is 11.0 Å². The fourth-order valence-corrected chi connectivity index (χ4v) is 8.71. The van der Waals surface area contributed by atoms with Gasteiger partial charge in [-0.05, 0) is 32.2 Å². The summed E-state index contributed by atoms with van der Waals surface area (Å²) in [6, 6.07) is -0.601. The average molecular weight is 587 g/mol. The van der Waals surface area contributed by atoms with Crippen molar-refractivity contribution in [3.05, 3.63) is 17.2 Å². The molecule has 11 nitrogen and oxygen atoms in total. The third-order valence-electron chi connectivity index (χ3n) is 8.60. The SMILES string of the molecule is CS(=O)(=O)C[C@@]12CC[C@@H](CN(c3nc(OC[C@@]45CCCN4C[C@H](F)C5)nc4c(F)c(Cl)ncc34)C1)N2C(=O)O. The molecule has 6 rings (SSSR count). The summed E-state index contributed by atoms with van der Waals surface area (Å²) in [5.41, 5.74) is -1.78. The van der Waals surface area contributed by atoms with Crippen molar-refractivity contribution in [3.8, 4) is 6.01 Å². The second kappa shape index (κ2) is 9.23. The molecule has 0 radical (unpaired) electrons. The van der Waals surface area contributed by atoms with Gasteiger partial charge in [0.1, 0.15) is 34.0 Å². The zero-order chi connectivity index (χ0) is 27.7. The standard InChI is InChI=1S/C24H29ClF2N6O5S/c1-39(36,37)13-24-5-3-15(33(24)22(34)35)10-31(11-24)20-16-8-28-19(25)17(27)18(16)29-21(30-20)38-12-23-4-2-6-32(23)9-14(26)7-23/h8,14-15H,2-7,9-13H2,1H3,(H,34,35)/t14-,15+,23+,24-/m1/s1. The molecule has 39 heavy (non-hydrogen) atoms. The number of nitrogens with zero attached hydrogens (tertiary/aromatic N) is 6. The van der Waals surface area contributed by atoms with Crippen LogP contribution in [0, 0.1) is 5.82 Å². The molecule has 2 aromatic heterocycles. The Labute approximate surface area is 229 Å². The number of aromatic nitrogens is 3. The molecule has 1 N–H and O–H groups in total. The van der Waals surface area contributed by atoms with Gasteiger partial charge in [0, 0.05) is 38.5 Å². The van der Waals surface area contributed by atoms with Gasteiger partial charge in [0.05, 0.1) is 28.3 Å². The van der Waals surface area contributed by atoms with Crippen molar-refractivity contribution in [1.82, 2.24) is 24.8 Å². The van der Waals surface area contributed by atoms with Crippen molar-refractivity contribution in [1.29, 1.82) is 0 Å². The van der Waals surface area contributed by atoms with Gasteiger partial charge in [-0.3, -0.25) is 9.80 Å². The average Bonchev–Trinajstić information content (AvgIpc) is 3.44. The maximum atomic E-state index is 15.2. The monoisotopic (exact) mass is 586 g/mol. The molecule has 0 unspecified atom stereocenters. The topological polar surface area (TPSA) is 129 Å². The zero-order valence-corrected chi connectivity index (χ0v) is 22.9. The number of pyridine rings is 1. The second-order valence-electron chi connectivity index (χ2n) is 11.3. The molecule has 4 aliphatic rings. The van der Waals surface area contributed by atoms with Gasteiger partial charge in [0.25, 0.3) is 0 Å². The minimum Gasteiger partial charge on any atom is -0.465 e. The van der Waals surface area contributed by atoms with Crippen LogP contribution in [0.3, 0.4) is 0 Å². The number of carboxylic acid groups (broad SMARTS) is 1. The molecule has 4 saturated heterocycles. The third kappa shape index (κ3) is 4.53. The Kier molecular flexibility index (Phi) is 6.30. The van der Waals surface area contributed by atoms with E-state index in [0.29, 0.717) is 25.8 Å². The van der Waals surface area contributed by atoms with Crippen LogP contribution >= 0.6 is 11.6 Å². The number of piperazine rings is 1. The lowest BCUT2D eigenvalue weighted by Crippen LogP contribution is -2.65. The van der Waals surface area contributed by atoms with Crippen molar-refractivity contribution in [2.45, 2.75) is 55.4 Å². The van der Waals surface area contributed by atoms with E-state index in [1.165, 1.54) is 11.1 Å². The number of halogens is 3. The Bertz CT molecular complexity index is 1450. The van der Waals surface area contributed by atoms with Gasteiger partial charge in [-0.2, -0.15) is 9.97 Å². The van der Waals surface area contributed by atoms with Gasteiger partial charge in [-0.15, -0.1) is 0 Å². The molecule has 15 heteroatoms. The van der Waals surface area contributed by atoms with E-state index in [1.54, 1.807) is 4.90 Å². The van der Waals surface area contributed by atoms with Crippen LogP contribution in [0.5, 0.6) is 6.01 Å². The lowest BCUT2D eigenvalue weighted by Gasteiger charge is -2.47. The van der Waals surface area contributed by atoms with E-state index in [0.717, 1.165) is 25.6 Å². The lowest BCUT2D eigenvalue weighted by atomic mass is 9.95. The summed E-state index contributed by atoms with van der Waals surface area (Å²) in [6.45, 7) is 1.50. The van der Waals surface area contributed by atoms with E-state index in [-0.39, 0.29) is 53.3 Å². The number of ether oxygens (including phenoxy) is 1. The Morgan fingerprint density at radius 3 is 2.82 bits per heavy atom. The Morgan fingerprint density at radius 2 is 2.08 bits per heavy atom. The summed E-state index contributed by atoms with van der Waals surface area (Å²) in [4.78, 5) is 30.1. The van der Waals surface area contributed by atoms with Crippen molar-refractivity contribution in [3.63, 3.8) is 0 Å². The third-order valence-corrected chi connectivity index (χ3v) is 9.93. The predicted octanol–water partition coefficient (Wildman–Crippen LogP) is 2.52. The van der Waals surface area contributed by atoms with Crippen molar-refractivity contribution in [2.24, 2.45) is 0 Å². The Morgan fingerprint density at radius 1 is 1.28 bits per heavy atom. The first-order valence-electron chi connectivity index (χ1n) is 12.9. The fourth-order valence-electron chi connectivity index (χ4n) is 7.22. The lowest BCUT2D eigenvalue weighted by molar-refractivity contribution is 0.0799. The number of amides is 1. The normalized spacial score (nSPS) is 30.8. The second-order valence-corrected chi connectivity index (χ2v) is 13.8. The zero-order valence-electron chi connectivity index (χ0n) is 21.3. The molecule has 2 bridgehead atoms. The van der Waals surface area contributed by atoms with E-state index in [1.807, 2.05) is 0 Å². The van der Waals surface area contributed by atoms with Gasteiger partial charge in [-0.25, -0.2) is 27.0 Å². The minimum absolute atomic E-state index is 0.0277. The number of carbonyl (C=O) groups is 1. The van der Waals surface area contributed by atoms with E-state index in [4.69, 9.17) is 16.3 Å². The summed E-state index contributed by atoms with van der Waals surface area (Å²) in [6.07, 6.45) is 3.17. The molecule has 4 fully saturated rings. The van der Waals surface area contributed by atoms with E-state index >= 15 is 4.39 Å². The van der Waals surface area contributed by atoms with E-state index in [2.05, 4.69) is 19.9 Å². The largest absolute Gasteiger partial charge is 0.465 e. The number of rotatable bonds is 6. The molecular formula is C24H29ClF2N6O5S. The molecule has 1 amide bonds. The highest BCUT2D eigenvalue weighted by Gasteiger charge is 2.56. The first-order chi connectivity index (χ1) is 18.4. The van der Waals surface area contributed by atoms with Crippen molar-refractivity contribution < 1.29 is 31.8 Å². The molecule has 0 saturated carbocycles. The summed E-state index contributed by atoms with van der Waals surface area (Å²) in [7, 11) is -3.55. The van der Waals surface area contributed by atoms with Crippen LogP contribution in [0.15, 0.2) is 6.20 Å². The number of fused-ring (bicyclic) bond motifs is 4. The number of hydrogen-bond acceptors (Lipinski definition) is 9. The van der Waals surface area contributed by atoms with Crippen molar-refractivity contribution >= 4 is 44.3 Å². The van der Waals surface area contributed by atoms with Crippen LogP contribution < -0.4 is 9.64 Å². The highest BCUT2D eigenvalue weighted by Crippen LogP contribution is 2.44. The van der Waals surface area contributed by atoms with Gasteiger partial charge < -0.3 is 14.7 Å². The van der Waals surface area contributed by atoms with E-state index in [9.17, 15) is 22.7 Å². The molecule has 4 atom stereocenters. The molecule has 2 aromatic rings. The van der Waals surface area contributed by atoms with Crippen LogP contribution in [0.4, 0.5) is 19.4 Å². The van der Waals surface area contributed by atoms with Crippen LogP contribution in [-0.2, 0) is 9.84 Å². The maximum Gasteiger partial charge on any atom is 0.408 e. The number of hydrogen-bond donors (Lipinski definition) is 1. The van der Waals surface area contributed by atoms with Crippen LogP contribution in [-0.4, -0.2) is 112 Å². The molecule has 0 aromatic carbocycles. The summed E-state index contributed by atoms with van der Waals surface area (Å²) >= 11 is 5.96. The quantitative estimate of drug-likeness (QED) is 0.504. The van der Waals surface area contributed by atoms with Gasteiger partial charge in [-0.1, -0.05) is 11.6 Å². The highest BCUT2D eigenvalue weighted by molar-refractivity contribution is 7.90. The summed E-state index contributed by atoms with van der Waals surface area (Å²) in [5.74, 6) is -0.957. The number of anilines is 1. The first-order valence-corrected chi connectivity index (χ1v) is 15.3. The summed E-state index contributed by atoms with van der Waals surface area (Å²) < 4.78 is 60.2. The van der Waals surface area contributed by atoms with Crippen LogP contribution in [0.2, 0.25) is 5.15 Å². The molecule has 0 aliphatic carbocycles. The molecule has 0 spiro atoms. The van der Waals surface area contributed by atoms with Crippen LogP contribution in [0.25, 0.3) is 10.9 Å². The molecule has 212 valence electrons. The van der Waals surface area contributed by atoms with E-state index < -0.39 is 45.0 Å². The predicted molar refractivity (Wildman–Crippen MR) is 138 cm³/mol. The fraction of sp³-hybridized carbons (Fsp3) is 0.667. The number of alkyl halides is 1. The molecular weight excluding hydrogens is 558 g/mol. The maximum absolute atomic E-state index is 15.2. The van der Waals surface area contributed by atoms with Crippen LogP contribution in [0.1, 0.15) is 32.1 Å².